The third-order valence-corrected chi connectivity index (χ3v) is 5.74. The minimum Gasteiger partial charge on any atom is -0.396 e. The second kappa shape index (κ2) is 8.82. The zero-order chi connectivity index (χ0) is 21.0. The highest BCUT2D eigenvalue weighted by Crippen LogP contribution is 2.50. The van der Waals surface area contributed by atoms with Gasteiger partial charge < -0.3 is 35.4 Å². The van der Waals surface area contributed by atoms with Crippen LogP contribution in [0.15, 0.2) is 0 Å². The molecule has 0 amide bonds. The van der Waals surface area contributed by atoms with Crippen molar-refractivity contribution in [3.8, 4) is 0 Å². The summed E-state index contributed by atoms with van der Waals surface area (Å²) < 4.78 is 5.73. The van der Waals surface area contributed by atoms with Crippen molar-refractivity contribution >= 4 is 0 Å². The summed E-state index contributed by atoms with van der Waals surface area (Å²) in [5.41, 5.74) is -7.31. The predicted octanol–water partition coefficient (Wildman–Crippen LogP) is 0.434. The van der Waals surface area contributed by atoms with Gasteiger partial charge in [0, 0.05) is 0 Å². The van der Waals surface area contributed by atoms with E-state index in [9.17, 15) is 30.6 Å². The van der Waals surface area contributed by atoms with E-state index in [2.05, 4.69) is 0 Å². The Balaban J connectivity index is 5.72. The Morgan fingerprint density at radius 3 is 1.42 bits per heavy atom. The van der Waals surface area contributed by atoms with Gasteiger partial charge in [-0.05, 0) is 48.0 Å². The first-order valence-corrected chi connectivity index (χ1v) is 9.21. The van der Waals surface area contributed by atoms with Crippen molar-refractivity contribution in [2.24, 2.45) is 10.8 Å². The molecule has 0 saturated heterocycles. The number of aliphatic hydroxyl groups is 6. The summed E-state index contributed by atoms with van der Waals surface area (Å²) in [6, 6.07) is 0. The van der Waals surface area contributed by atoms with Crippen LogP contribution in [0.4, 0.5) is 0 Å². The summed E-state index contributed by atoms with van der Waals surface area (Å²) in [6.07, 6.45) is 0.0884. The van der Waals surface area contributed by atoms with E-state index >= 15 is 0 Å². The smallest absolute Gasteiger partial charge is 0.0781 e. The predicted molar refractivity (Wildman–Crippen MR) is 99.7 cm³/mol. The molecule has 0 heterocycles. The number of aliphatic hydroxyl groups excluding tert-OH is 3. The van der Waals surface area contributed by atoms with Crippen molar-refractivity contribution in [3.63, 3.8) is 0 Å². The summed E-state index contributed by atoms with van der Waals surface area (Å²) >= 11 is 0. The third kappa shape index (κ3) is 4.95. The average Bonchev–Trinajstić information content (AvgIpc) is 2.44. The highest BCUT2D eigenvalue weighted by Gasteiger charge is 2.62. The Labute approximate surface area is 157 Å². The molecule has 1 atom stereocenters. The summed E-state index contributed by atoms with van der Waals surface area (Å²) in [7, 11) is 0. The van der Waals surface area contributed by atoms with Crippen LogP contribution in [0, 0.1) is 10.8 Å². The van der Waals surface area contributed by atoms with Gasteiger partial charge in [-0.2, -0.15) is 0 Å². The molecule has 1 unspecified atom stereocenters. The van der Waals surface area contributed by atoms with E-state index in [1.807, 2.05) is 6.92 Å². The zero-order valence-electron chi connectivity index (χ0n) is 17.4. The molecule has 0 aliphatic heterocycles. The van der Waals surface area contributed by atoms with Crippen LogP contribution in [0.3, 0.4) is 0 Å². The summed E-state index contributed by atoms with van der Waals surface area (Å²) in [4.78, 5) is 0. The molecule has 26 heavy (non-hydrogen) atoms. The topological polar surface area (TPSA) is 131 Å². The fourth-order valence-corrected chi connectivity index (χ4v) is 4.21. The van der Waals surface area contributed by atoms with Crippen molar-refractivity contribution < 1.29 is 35.4 Å². The number of hydrogen-bond acceptors (Lipinski definition) is 7. The van der Waals surface area contributed by atoms with Crippen molar-refractivity contribution in [3.05, 3.63) is 0 Å². The summed E-state index contributed by atoms with van der Waals surface area (Å²) in [5.74, 6) is 0. The van der Waals surface area contributed by atoms with Crippen LogP contribution < -0.4 is 0 Å². The molecule has 0 saturated carbocycles. The van der Waals surface area contributed by atoms with Gasteiger partial charge >= 0.3 is 0 Å². The lowest BCUT2D eigenvalue weighted by molar-refractivity contribution is -0.271. The molecule has 0 fully saturated rings. The molecule has 6 N–H and O–H groups in total. The third-order valence-electron chi connectivity index (χ3n) is 5.74. The standard InChI is InChI=1S/C19H40O7/c1-8-9-14(22)18(10-20,11-21)12-26-13-19(15(2,3)23,16(4,5)24)17(6,7)25/h14,20-25H,8-13H2,1-7H3. The van der Waals surface area contributed by atoms with E-state index in [4.69, 9.17) is 4.74 Å². The SMILES string of the molecule is CCCC(O)C(CO)(CO)COCC(C(C)(C)O)(C(C)(C)O)C(C)(C)O. The second-order valence-electron chi connectivity index (χ2n) is 9.06. The number of ether oxygens (including phenoxy) is 1. The number of hydrogen-bond donors (Lipinski definition) is 6. The maximum atomic E-state index is 10.8. The quantitative estimate of drug-likeness (QED) is 0.289. The van der Waals surface area contributed by atoms with E-state index < -0.39 is 47.0 Å². The van der Waals surface area contributed by atoms with E-state index in [1.54, 1.807) is 0 Å². The molecule has 158 valence electrons. The van der Waals surface area contributed by atoms with Crippen LogP contribution in [0.2, 0.25) is 0 Å². The zero-order valence-corrected chi connectivity index (χ0v) is 17.4. The van der Waals surface area contributed by atoms with E-state index in [0.29, 0.717) is 12.8 Å². The lowest BCUT2D eigenvalue weighted by Gasteiger charge is -2.57. The van der Waals surface area contributed by atoms with Crippen molar-refractivity contribution in [1.29, 1.82) is 0 Å². The highest BCUT2D eigenvalue weighted by molar-refractivity contribution is 5.11. The molecule has 0 radical (unpaired) electrons. The van der Waals surface area contributed by atoms with E-state index in [-0.39, 0.29) is 13.2 Å². The van der Waals surface area contributed by atoms with E-state index in [0.717, 1.165) is 0 Å². The molecule has 0 aromatic heterocycles. The van der Waals surface area contributed by atoms with Gasteiger partial charge in [-0.3, -0.25) is 0 Å². The van der Waals surface area contributed by atoms with Gasteiger partial charge in [0.05, 0.1) is 60.2 Å². The fraction of sp³-hybridized carbons (Fsp3) is 1.00. The Morgan fingerprint density at radius 2 is 1.15 bits per heavy atom. The summed E-state index contributed by atoms with van der Waals surface area (Å²) in [5, 5.41) is 62.2. The first-order valence-electron chi connectivity index (χ1n) is 9.21. The van der Waals surface area contributed by atoms with Gasteiger partial charge in [-0.15, -0.1) is 0 Å². The van der Waals surface area contributed by atoms with Gasteiger partial charge in [-0.1, -0.05) is 13.3 Å². The maximum Gasteiger partial charge on any atom is 0.0781 e. The largest absolute Gasteiger partial charge is 0.396 e. The fourth-order valence-electron chi connectivity index (χ4n) is 4.21. The van der Waals surface area contributed by atoms with Crippen molar-refractivity contribution in [2.75, 3.05) is 26.4 Å². The minimum absolute atomic E-state index is 0.189. The molecule has 0 rings (SSSR count). The Kier molecular flexibility index (Phi) is 8.72. The molecule has 0 aromatic carbocycles. The van der Waals surface area contributed by atoms with Crippen LogP contribution in [0.1, 0.15) is 61.3 Å². The van der Waals surface area contributed by atoms with Crippen LogP contribution >= 0.6 is 0 Å². The maximum absolute atomic E-state index is 10.8. The van der Waals surface area contributed by atoms with Crippen LogP contribution in [0.25, 0.3) is 0 Å². The van der Waals surface area contributed by atoms with Gasteiger partial charge in [0.1, 0.15) is 0 Å². The van der Waals surface area contributed by atoms with Gasteiger partial charge in [-0.25, -0.2) is 0 Å². The summed E-state index contributed by atoms with van der Waals surface area (Å²) in [6.45, 7) is 9.42. The van der Waals surface area contributed by atoms with Crippen LogP contribution in [-0.4, -0.2) is 80.0 Å². The van der Waals surface area contributed by atoms with Crippen molar-refractivity contribution in [1.82, 2.24) is 0 Å². The van der Waals surface area contributed by atoms with Crippen molar-refractivity contribution in [2.45, 2.75) is 84.2 Å². The minimum atomic E-state index is -1.52. The molecule has 0 aromatic rings. The Morgan fingerprint density at radius 1 is 0.769 bits per heavy atom. The van der Waals surface area contributed by atoms with Gasteiger partial charge in [0.2, 0.25) is 0 Å². The highest BCUT2D eigenvalue weighted by atomic mass is 16.5. The molecule has 7 heteroatoms. The Hall–Kier alpha value is -0.280. The first kappa shape index (κ1) is 25.7. The van der Waals surface area contributed by atoms with Gasteiger partial charge in [0.15, 0.2) is 0 Å². The molecule has 7 nitrogen and oxygen atoms in total. The second-order valence-corrected chi connectivity index (χ2v) is 9.06. The number of rotatable bonds is 12. The molecule has 0 bridgehead atoms. The Bertz CT molecular complexity index is 375. The normalized spacial score (nSPS) is 16.0. The average molecular weight is 381 g/mol. The first-order chi connectivity index (χ1) is 11.6. The molecular weight excluding hydrogens is 340 g/mol. The lowest BCUT2D eigenvalue weighted by atomic mass is 9.56. The monoisotopic (exact) mass is 380 g/mol. The van der Waals surface area contributed by atoms with Crippen LogP contribution in [0.5, 0.6) is 0 Å². The van der Waals surface area contributed by atoms with E-state index in [1.165, 1.54) is 41.5 Å². The molecular formula is C19H40O7. The molecule has 0 aliphatic rings. The molecule has 0 aliphatic carbocycles. The lowest BCUT2D eigenvalue weighted by Crippen LogP contribution is -2.69. The molecule has 0 spiro atoms. The van der Waals surface area contributed by atoms with Crippen LogP contribution in [-0.2, 0) is 4.74 Å². The van der Waals surface area contributed by atoms with Gasteiger partial charge in [0.25, 0.3) is 0 Å².